The van der Waals surface area contributed by atoms with Gasteiger partial charge in [0.05, 0.1) is 0 Å². The lowest BCUT2D eigenvalue weighted by Crippen LogP contribution is -1.93. The van der Waals surface area contributed by atoms with Gasteiger partial charge >= 0.3 is 0 Å². The predicted molar refractivity (Wildman–Crippen MR) is 130 cm³/mol. The number of benzene rings is 4. The van der Waals surface area contributed by atoms with Crippen molar-refractivity contribution < 1.29 is 4.39 Å². The predicted octanol–water partition coefficient (Wildman–Crippen LogP) is 8.09. The quantitative estimate of drug-likeness (QED) is 0.232. The molecule has 31 heavy (non-hydrogen) atoms. The third-order valence-corrected chi connectivity index (χ3v) is 5.70. The minimum absolute atomic E-state index is 0.0835. The molecule has 4 aromatic rings. The van der Waals surface area contributed by atoms with E-state index in [9.17, 15) is 4.39 Å². The van der Waals surface area contributed by atoms with Gasteiger partial charge in [0.2, 0.25) is 0 Å². The minimum atomic E-state index is -0.0835. The van der Waals surface area contributed by atoms with Crippen LogP contribution in [0.2, 0.25) is 0 Å². The van der Waals surface area contributed by atoms with E-state index in [4.69, 9.17) is 0 Å². The van der Waals surface area contributed by atoms with E-state index in [-0.39, 0.29) is 5.82 Å². The Morgan fingerprint density at radius 1 is 0.710 bits per heavy atom. The zero-order valence-electron chi connectivity index (χ0n) is 18.2. The fraction of sp³-hybridized carbons (Fsp3) is 0.200. The van der Waals surface area contributed by atoms with Gasteiger partial charge in [0.25, 0.3) is 0 Å². The summed E-state index contributed by atoms with van der Waals surface area (Å²) in [7, 11) is 0. The number of unbranched alkanes of at least 4 members (excludes halogenated alkanes) is 2. The molecule has 0 radical (unpaired) electrons. The van der Waals surface area contributed by atoms with Crippen molar-refractivity contribution in [3.63, 3.8) is 0 Å². The number of rotatable bonds is 5. The number of aryl methyl sites for hydroxylation is 2. The van der Waals surface area contributed by atoms with Crippen LogP contribution in [0.4, 0.5) is 4.39 Å². The molecular weight excluding hydrogens is 379 g/mol. The van der Waals surface area contributed by atoms with Crippen LogP contribution < -0.4 is 0 Å². The first-order chi connectivity index (χ1) is 15.1. The summed E-state index contributed by atoms with van der Waals surface area (Å²) in [4.78, 5) is 0. The Bertz CT molecular complexity index is 1240. The second kappa shape index (κ2) is 9.63. The van der Waals surface area contributed by atoms with Crippen LogP contribution in [0.5, 0.6) is 0 Å². The van der Waals surface area contributed by atoms with Crippen molar-refractivity contribution in [2.75, 3.05) is 0 Å². The number of hydrogen-bond acceptors (Lipinski definition) is 0. The molecule has 0 heterocycles. The summed E-state index contributed by atoms with van der Waals surface area (Å²) in [6.07, 6.45) is 4.12. The first kappa shape index (κ1) is 20.9. The molecule has 0 bridgehead atoms. The monoisotopic (exact) mass is 406 g/mol. The second-order valence-electron chi connectivity index (χ2n) is 8.13. The second-order valence-corrected chi connectivity index (χ2v) is 8.13. The van der Waals surface area contributed by atoms with E-state index >= 15 is 0 Å². The Kier molecular flexibility index (Phi) is 6.48. The third kappa shape index (κ3) is 5.04. The van der Waals surface area contributed by atoms with Gasteiger partial charge in [0.15, 0.2) is 0 Å². The van der Waals surface area contributed by atoms with Crippen molar-refractivity contribution >= 4 is 10.8 Å². The topological polar surface area (TPSA) is 0 Å². The molecule has 0 nitrogen and oxygen atoms in total. The molecule has 4 rings (SSSR count). The maximum Gasteiger partial charge on any atom is 0.134 e. The van der Waals surface area contributed by atoms with Crippen molar-refractivity contribution in [1.29, 1.82) is 0 Å². The maximum atomic E-state index is 14.8. The zero-order chi connectivity index (χ0) is 21.6. The Morgan fingerprint density at radius 2 is 1.35 bits per heavy atom. The lowest BCUT2D eigenvalue weighted by Gasteiger charge is -2.07. The van der Waals surface area contributed by atoms with E-state index in [2.05, 4.69) is 62.1 Å². The van der Waals surface area contributed by atoms with E-state index < -0.39 is 0 Å². The van der Waals surface area contributed by atoms with E-state index in [1.54, 1.807) is 0 Å². The van der Waals surface area contributed by atoms with Crippen molar-refractivity contribution in [2.24, 2.45) is 0 Å². The lowest BCUT2D eigenvalue weighted by atomic mass is 10.00. The van der Waals surface area contributed by atoms with E-state index in [1.165, 1.54) is 16.7 Å². The van der Waals surface area contributed by atoms with Crippen LogP contribution >= 0.6 is 0 Å². The first-order valence-electron chi connectivity index (χ1n) is 11.0. The van der Waals surface area contributed by atoms with Crippen LogP contribution in [-0.2, 0) is 6.42 Å². The van der Waals surface area contributed by atoms with Crippen LogP contribution in [0.1, 0.15) is 48.4 Å². The molecule has 0 aromatic heterocycles. The molecule has 0 aliphatic heterocycles. The maximum absolute atomic E-state index is 14.8. The van der Waals surface area contributed by atoms with Crippen LogP contribution in [0.3, 0.4) is 0 Å². The molecule has 0 atom stereocenters. The normalized spacial score (nSPS) is 10.7. The Labute approximate surface area is 184 Å². The lowest BCUT2D eigenvalue weighted by molar-refractivity contribution is 0.609. The van der Waals surface area contributed by atoms with E-state index in [0.717, 1.165) is 47.8 Å². The van der Waals surface area contributed by atoms with E-state index in [0.29, 0.717) is 5.39 Å². The summed E-state index contributed by atoms with van der Waals surface area (Å²) in [6, 6.07) is 26.5. The molecule has 0 amide bonds. The Balaban J connectivity index is 1.52. The summed E-state index contributed by atoms with van der Waals surface area (Å²) in [5, 5.41) is 1.58. The smallest absolute Gasteiger partial charge is 0.134 e. The fourth-order valence-corrected chi connectivity index (χ4v) is 3.81. The molecule has 0 aliphatic rings. The molecule has 0 saturated heterocycles. The number of fused-ring (bicyclic) bond motifs is 1. The van der Waals surface area contributed by atoms with E-state index in [1.807, 2.05) is 42.5 Å². The Hall–Kier alpha value is -3.37. The average molecular weight is 407 g/mol. The van der Waals surface area contributed by atoms with Crippen LogP contribution in [0.25, 0.3) is 21.9 Å². The molecular formula is C30H27F. The molecule has 0 N–H and O–H groups in total. The van der Waals surface area contributed by atoms with Crippen molar-refractivity contribution in [2.45, 2.75) is 39.5 Å². The van der Waals surface area contributed by atoms with Gasteiger partial charge in [-0.15, -0.1) is 0 Å². The van der Waals surface area contributed by atoms with Gasteiger partial charge in [-0.3, -0.25) is 0 Å². The summed E-state index contributed by atoms with van der Waals surface area (Å²) >= 11 is 0. The minimum Gasteiger partial charge on any atom is -0.206 e. The number of hydrogen-bond donors (Lipinski definition) is 0. The highest BCUT2D eigenvalue weighted by molar-refractivity contribution is 5.85. The highest BCUT2D eigenvalue weighted by atomic mass is 19.1. The number of halogens is 1. The molecule has 0 spiro atoms. The summed E-state index contributed by atoms with van der Waals surface area (Å²) in [6.45, 7) is 4.26. The zero-order valence-corrected chi connectivity index (χ0v) is 18.2. The van der Waals surface area contributed by atoms with Crippen LogP contribution in [0.15, 0.2) is 78.9 Å². The molecule has 0 aliphatic carbocycles. The van der Waals surface area contributed by atoms with Gasteiger partial charge in [0.1, 0.15) is 5.82 Å². The van der Waals surface area contributed by atoms with Gasteiger partial charge in [-0.2, -0.15) is 0 Å². The Morgan fingerprint density at radius 3 is 2.06 bits per heavy atom. The molecule has 1 heteroatoms. The summed E-state index contributed by atoms with van der Waals surface area (Å²) < 4.78 is 14.8. The fourth-order valence-electron chi connectivity index (χ4n) is 3.81. The van der Waals surface area contributed by atoms with Crippen LogP contribution in [0, 0.1) is 24.6 Å². The molecule has 0 saturated carbocycles. The molecule has 154 valence electrons. The average Bonchev–Trinajstić information content (AvgIpc) is 2.80. The van der Waals surface area contributed by atoms with Gasteiger partial charge in [-0.1, -0.05) is 91.8 Å². The third-order valence-electron chi connectivity index (χ3n) is 5.70. The first-order valence-corrected chi connectivity index (χ1v) is 11.0. The van der Waals surface area contributed by atoms with Gasteiger partial charge < -0.3 is 0 Å². The molecule has 0 unspecified atom stereocenters. The molecule has 4 aromatic carbocycles. The van der Waals surface area contributed by atoms with Crippen molar-refractivity contribution in [3.8, 4) is 23.0 Å². The summed E-state index contributed by atoms with van der Waals surface area (Å²) in [5.74, 6) is 6.37. The summed E-state index contributed by atoms with van der Waals surface area (Å²) in [5.41, 5.74) is 6.32. The van der Waals surface area contributed by atoms with Crippen LogP contribution in [-0.4, -0.2) is 0 Å². The highest BCUT2D eigenvalue weighted by Crippen LogP contribution is 2.24. The largest absolute Gasteiger partial charge is 0.206 e. The van der Waals surface area contributed by atoms with Gasteiger partial charge in [-0.25, -0.2) is 4.39 Å². The highest BCUT2D eigenvalue weighted by Gasteiger charge is 2.07. The van der Waals surface area contributed by atoms with Crippen molar-refractivity contribution in [3.05, 3.63) is 107 Å². The molecule has 0 fully saturated rings. The SMILES string of the molecule is CCCCCc1ccc2cc(C#Cc3ccc(-c4ccc(C)cc4)cc3)ccc2c1F. The van der Waals surface area contributed by atoms with Gasteiger partial charge in [0, 0.05) is 16.5 Å². The van der Waals surface area contributed by atoms with Gasteiger partial charge in [-0.05, 0) is 66.1 Å². The standard InChI is InChI=1S/C30H27F/c1-3-4-5-6-27-18-19-28-21-24(13-20-29(28)30(27)31)10-9-23-11-16-26(17-12-23)25-14-7-22(2)8-15-25/h7-8,11-21H,3-6H2,1-2H3. The van der Waals surface area contributed by atoms with Crippen molar-refractivity contribution in [1.82, 2.24) is 0 Å².